The Morgan fingerprint density at radius 2 is 2.06 bits per heavy atom. The minimum Gasteiger partial charge on any atom is -0.393 e. The zero-order chi connectivity index (χ0) is 12.9. The van der Waals surface area contributed by atoms with E-state index in [1.807, 2.05) is 0 Å². The summed E-state index contributed by atoms with van der Waals surface area (Å²) in [6.45, 7) is 9.03. The van der Waals surface area contributed by atoms with Gasteiger partial charge >= 0.3 is 0 Å². The normalized spacial score (nSPS) is 23.4. The third-order valence-corrected chi connectivity index (χ3v) is 4.71. The molecule has 0 aromatic carbocycles. The Labute approximate surface area is 112 Å². The highest BCUT2D eigenvalue weighted by atomic mass is 32.1. The summed E-state index contributed by atoms with van der Waals surface area (Å²) in [5.74, 6) is 0. The molecular formula is C14H28N2S. The first kappa shape index (κ1) is 14.9. The van der Waals surface area contributed by atoms with Gasteiger partial charge in [0.1, 0.15) is 0 Å². The van der Waals surface area contributed by atoms with E-state index >= 15 is 0 Å². The van der Waals surface area contributed by atoms with E-state index in [1.54, 1.807) is 0 Å². The fourth-order valence-corrected chi connectivity index (χ4v) is 2.64. The van der Waals surface area contributed by atoms with Crippen molar-refractivity contribution in [2.75, 3.05) is 13.1 Å². The van der Waals surface area contributed by atoms with Crippen LogP contribution < -0.4 is 5.73 Å². The molecule has 2 N–H and O–H groups in total. The molecule has 1 heterocycles. The van der Waals surface area contributed by atoms with Crippen LogP contribution in [0, 0.1) is 5.41 Å². The van der Waals surface area contributed by atoms with Gasteiger partial charge in [-0.15, -0.1) is 0 Å². The van der Waals surface area contributed by atoms with Gasteiger partial charge in [0.25, 0.3) is 0 Å². The van der Waals surface area contributed by atoms with Crippen molar-refractivity contribution in [1.82, 2.24) is 4.90 Å². The van der Waals surface area contributed by atoms with E-state index in [0.717, 1.165) is 19.0 Å². The van der Waals surface area contributed by atoms with Gasteiger partial charge in [-0.1, -0.05) is 45.8 Å². The summed E-state index contributed by atoms with van der Waals surface area (Å²) in [6.07, 6.45) is 7.86. The molecule has 1 fully saturated rings. The Morgan fingerprint density at radius 3 is 2.65 bits per heavy atom. The van der Waals surface area contributed by atoms with Crippen LogP contribution in [0.4, 0.5) is 0 Å². The molecule has 1 aliphatic heterocycles. The molecule has 0 spiro atoms. The third kappa shape index (κ3) is 4.55. The Hall–Kier alpha value is -0.150. The molecule has 2 nitrogen and oxygen atoms in total. The van der Waals surface area contributed by atoms with Gasteiger partial charge < -0.3 is 10.6 Å². The summed E-state index contributed by atoms with van der Waals surface area (Å²) in [5.41, 5.74) is 5.80. The zero-order valence-electron chi connectivity index (χ0n) is 11.7. The zero-order valence-corrected chi connectivity index (χ0v) is 12.5. The van der Waals surface area contributed by atoms with Gasteiger partial charge in [0, 0.05) is 11.5 Å². The summed E-state index contributed by atoms with van der Waals surface area (Å²) in [5, 5.41) is 0. The Bertz CT molecular complexity index is 251. The number of hydrogen-bond acceptors (Lipinski definition) is 2. The van der Waals surface area contributed by atoms with Crippen LogP contribution in [0.3, 0.4) is 0 Å². The molecule has 0 aromatic heterocycles. The molecule has 1 rings (SSSR count). The van der Waals surface area contributed by atoms with Crippen LogP contribution in [-0.4, -0.2) is 29.0 Å². The summed E-state index contributed by atoms with van der Waals surface area (Å²) < 4.78 is 0. The largest absolute Gasteiger partial charge is 0.393 e. The Balaban J connectivity index is 2.50. The lowest BCUT2D eigenvalue weighted by atomic mass is 9.89. The number of thiocarbonyl (C=S) groups is 1. The van der Waals surface area contributed by atoms with E-state index in [-0.39, 0.29) is 5.41 Å². The van der Waals surface area contributed by atoms with Crippen molar-refractivity contribution in [1.29, 1.82) is 0 Å². The molecule has 1 saturated heterocycles. The quantitative estimate of drug-likeness (QED) is 0.765. The van der Waals surface area contributed by atoms with Crippen molar-refractivity contribution in [2.24, 2.45) is 11.1 Å². The minimum atomic E-state index is -0.0000704. The predicted molar refractivity (Wildman–Crippen MR) is 79.3 cm³/mol. The molecule has 1 unspecified atom stereocenters. The molecule has 1 atom stereocenters. The second-order valence-corrected chi connectivity index (χ2v) is 6.39. The fraction of sp³-hybridized carbons (Fsp3) is 0.929. The summed E-state index contributed by atoms with van der Waals surface area (Å²) in [4.78, 5) is 3.31. The highest BCUT2D eigenvalue weighted by Gasteiger charge is 2.25. The molecule has 1 aliphatic rings. The number of rotatable bonds is 5. The topological polar surface area (TPSA) is 29.3 Å². The number of likely N-dealkylation sites (tertiary alicyclic amines) is 1. The lowest BCUT2D eigenvalue weighted by Crippen LogP contribution is -2.39. The first-order chi connectivity index (χ1) is 7.97. The maximum Gasteiger partial charge on any atom is 0.0784 e. The van der Waals surface area contributed by atoms with E-state index in [4.69, 9.17) is 18.0 Å². The van der Waals surface area contributed by atoms with E-state index in [1.165, 1.54) is 38.6 Å². The summed E-state index contributed by atoms with van der Waals surface area (Å²) in [6, 6.07) is 0.777. The smallest absolute Gasteiger partial charge is 0.0784 e. The molecular weight excluding hydrogens is 228 g/mol. The molecule has 0 amide bonds. The highest BCUT2D eigenvalue weighted by molar-refractivity contribution is 7.80. The second kappa shape index (κ2) is 6.69. The van der Waals surface area contributed by atoms with Crippen molar-refractivity contribution < 1.29 is 0 Å². The maximum absolute atomic E-state index is 5.80. The molecule has 3 heteroatoms. The lowest BCUT2D eigenvalue weighted by molar-refractivity contribution is 0.178. The van der Waals surface area contributed by atoms with Gasteiger partial charge in [-0.25, -0.2) is 0 Å². The second-order valence-electron chi connectivity index (χ2n) is 5.95. The van der Waals surface area contributed by atoms with E-state index in [0.29, 0.717) is 4.99 Å². The van der Waals surface area contributed by atoms with Crippen molar-refractivity contribution in [2.45, 2.75) is 65.3 Å². The van der Waals surface area contributed by atoms with Crippen LogP contribution in [0.5, 0.6) is 0 Å². The first-order valence-electron chi connectivity index (χ1n) is 7.01. The molecule has 0 aliphatic carbocycles. The summed E-state index contributed by atoms with van der Waals surface area (Å²) in [7, 11) is 0. The van der Waals surface area contributed by atoms with E-state index in [9.17, 15) is 0 Å². The molecule has 0 bridgehead atoms. The Morgan fingerprint density at radius 1 is 1.35 bits per heavy atom. The third-order valence-electron chi connectivity index (χ3n) is 4.16. The molecule has 0 radical (unpaired) electrons. The predicted octanol–water partition coefficient (Wildman–Crippen LogP) is 3.34. The Kier molecular flexibility index (Phi) is 5.87. The number of nitrogens with two attached hydrogens (primary N) is 1. The first-order valence-corrected chi connectivity index (χ1v) is 7.42. The maximum atomic E-state index is 5.80. The standard InChI is InChI=1S/C14H28N2S/c1-4-12-8-6-5-7-10-16(12)11-9-14(2,3)13(15)17/h12H,4-11H2,1-3H3,(H2,15,17). The van der Waals surface area contributed by atoms with Gasteiger partial charge in [0.15, 0.2) is 0 Å². The van der Waals surface area contributed by atoms with Crippen molar-refractivity contribution in [3.63, 3.8) is 0 Å². The SMILES string of the molecule is CCC1CCCCCN1CCC(C)(C)C(N)=S. The minimum absolute atomic E-state index is 0.0000704. The van der Waals surface area contributed by atoms with E-state index < -0.39 is 0 Å². The van der Waals surface area contributed by atoms with Crippen LogP contribution in [-0.2, 0) is 0 Å². The molecule has 100 valence electrons. The van der Waals surface area contributed by atoms with E-state index in [2.05, 4.69) is 25.7 Å². The monoisotopic (exact) mass is 256 g/mol. The van der Waals surface area contributed by atoms with Crippen molar-refractivity contribution in [3.05, 3.63) is 0 Å². The van der Waals surface area contributed by atoms with Crippen LogP contribution in [0.15, 0.2) is 0 Å². The van der Waals surface area contributed by atoms with Gasteiger partial charge in [-0.05, 0) is 38.8 Å². The van der Waals surface area contributed by atoms with Crippen LogP contribution in [0.2, 0.25) is 0 Å². The van der Waals surface area contributed by atoms with Crippen LogP contribution in [0.1, 0.15) is 59.3 Å². The van der Waals surface area contributed by atoms with Gasteiger partial charge in [-0.3, -0.25) is 0 Å². The molecule has 17 heavy (non-hydrogen) atoms. The molecule has 0 aromatic rings. The van der Waals surface area contributed by atoms with Crippen LogP contribution >= 0.6 is 12.2 Å². The van der Waals surface area contributed by atoms with Crippen molar-refractivity contribution in [3.8, 4) is 0 Å². The lowest BCUT2D eigenvalue weighted by Gasteiger charge is -2.32. The number of hydrogen-bond donors (Lipinski definition) is 1. The van der Waals surface area contributed by atoms with Crippen molar-refractivity contribution >= 4 is 17.2 Å². The highest BCUT2D eigenvalue weighted by Crippen LogP contribution is 2.24. The fourth-order valence-electron chi connectivity index (χ4n) is 2.54. The van der Waals surface area contributed by atoms with Gasteiger partial charge in [-0.2, -0.15) is 0 Å². The van der Waals surface area contributed by atoms with Gasteiger partial charge in [0.05, 0.1) is 4.99 Å². The van der Waals surface area contributed by atoms with Crippen LogP contribution in [0.25, 0.3) is 0 Å². The number of nitrogens with zero attached hydrogens (tertiary/aromatic N) is 1. The average Bonchev–Trinajstić information content (AvgIpc) is 2.50. The average molecular weight is 256 g/mol. The summed E-state index contributed by atoms with van der Waals surface area (Å²) >= 11 is 5.14. The molecule has 0 saturated carbocycles. The van der Waals surface area contributed by atoms with Gasteiger partial charge in [0.2, 0.25) is 0 Å².